The van der Waals surface area contributed by atoms with E-state index in [1.807, 2.05) is 19.9 Å². The van der Waals surface area contributed by atoms with Gasteiger partial charge in [-0.25, -0.2) is 9.97 Å². The van der Waals surface area contributed by atoms with E-state index in [0.29, 0.717) is 12.4 Å². The lowest BCUT2D eigenvalue weighted by molar-refractivity contribution is 0.0344. The summed E-state index contributed by atoms with van der Waals surface area (Å²) < 4.78 is 0. The van der Waals surface area contributed by atoms with Crippen LogP contribution in [-0.2, 0) is 6.42 Å². The van der Waals surface area contributed by atoms with Crippen LogP contribution in [0.4, 0.5) is 11.6 Å². The second-order valence-corrected chi connectivity index (χ2v) is 6.39. The summed E-state index contributed by atoms with van der Waals surface area (Å²) in [6.45, 7) is 10.2. The summed E-state index contributed by atoms with van der Waals surface area (Å²) in [6.07, 6.45) is 1.87. The van der Waals surface area contributed by atoms with E-state index in [-0.39, 0.29) is 0 Å². The molecule has 1 aromatic rings. The maximum atomic E-state index is 9.89. The van der Waals surface area contributed by atoms with Crippen LogP contribution in [0.1, 0.15) is 33.0 Å². The highest BCUT2D eigenvalue weighted by Crippen LogP contribution is 2.18. The SMILES string of the molecule is CCCc1nc(N)cc(N2CCN(CC(C)(C)O)CC2)n1. The summed E-state index contributed by atoms with van der Waals surface area (Å²) in [6, 6.07) is 1.85. The lowest BCUT2D eigenvalue weighted by Gasteiger charge is -2.37. The van der Waals surface area contributed by atoms with E-state index in [1.165, 1.54) is 0 Å². The van der Waals surface area contributed by atoms with Crippen LogP contribution in [0.25, 0.3) is 0 Å². The summed E-state index contributed by atoms with van der Waals surface area (Å²) in [7, 11) is 0. The van der Waals surface area contributed by atoms with E-state index in [9.17, 15) is 5.11 Å². The van der Waals surface area contributed by atoms with Gasteiger partial charge in [0.2, 0.25) is 0 Å². The van der Waals surface area contributed by atoms with Crippen molar-refractivity contribution in [2.45, 2.75) is 39.2 Å². The normalized spacial score (nSPS) is 17.2. The molecule has 1 saturated heterocycles. The Hall–Kier alpha value is -1.40. The third-order valence-corrected chi connectivity index (χ3v) is 3.56. The smallest absolute Gasteiger partial charge is 0.134 e. The molecule has 3 N–H and O–H groups in total. The Bertz CT molecular complexity index is 464. The molecule has 2 rings (SSSR count). The molecule has 1 aliphatic heterocycles. The number of piperazine rings is 1. The van der Waals surface area contributed by atoms with Crippen molar-refractivity contribution >= 4 is 11.6 Å². The van der Waals surface area contributed by atoms with Crippen molar-refractivity contribution < 1.29 is 5.11 Å². The third-order valence-electron chi connectivity index (χ3n) is 3.56. The predicted molar refractivity (Wildman–Crippen MR) is 85.4 cm³/mol. The molecule has 0 bridgehead atoms. The number of nitrogens with zero attached hydrogens (tertiary/aromatic N) is 4. The Labute approximate surface area is 127 Å². The molecule has 118 valence electrons. The predicted octanol–water partition coefficient (Wildman–Crippen LogP) is 0.904. The molecule has 0 aliphatic carbocycles. The van der Waals surface area contributed by atoms with E-state index in [2.05, 4.69) is 26.7 Å². The monoisotopic (exact) mass is 293 g/mol. The molecular weight excluding hydrogens is 266 g/mol. The Kier molecular flexibility index (Phi) is 5.00. The summed E-state index contributed by atoms with van der Waals surface area (Å²) in [4.78, 5) is 13.4. The molecule has 21 heavy (non-hydrogen) atoms. The Balaban J connectivity index is 1.98. The van der Waals surface area contributed by atoms with E-state index < -0.39 is 5.60 Å². The molecule has 0 atom stereocenters. The second-order valence-electron chi connectivity index (χ2n) is 6.39. The first kappa shape index (κ1) is 16.0. The van der Waals surface area contributed by atoms with Crippen LogP contribution in [0.15, 0.2) is 6.07 Å². The average molecular weight is 293 g/mol. The van der Waals surface area contributed by atoms with Crippen molar-refractivity contribution in [3.63, 3.8) is 0 Å². The van der Waals surface area contributed by atoms with Crippen LogP contribution in [0.2, 0.25) is 0 Å². The molecule has 6 heteroatoms. The number of nitrogens with two attached hydrogens (primary N) is 1. The minimum atomic E-state index is -0.643. The molecule has 6 nitrogen and oxygen atoms in total. The van der Waals surface area contributed by atoms with Gasteiger partial charge in [0.25, 0.3) is 0 Å². The standard InChI is InChI=1S/C15H27N5O/c1-4-5-13-17-12(16)10-14(18-13)20-8-6-19(7-9-20)11-15(2,3)21/h10,21H,4-9,11H2,1-3H3,(H2,16,17,18). The quantitative estimate of drug-likeness (QED) is 0.840. The van der Waals surface area contributed by atoms with Crippen molar-refractivity contribution in [3.8, 4) is 0 Å². The highest BCUT2D eigenvalue weighted by Gasteiger charge is 2.23. The van der Waals surface area contributed by atoms with Crippen molar-refractivity contribution in [2.24, 2.45) is 0 Å². The molecular formula is C15H27N5O. The summed E-state index contributed by atoms with van der Waals surface area (Å²) in [5, 5.41) is 9.89. The van der Waals surface area contributed by atoms with Crippen molar-refractivity contribution in [2.75, 3.05) is 43.4 Å². The zero-order valence-electron chi connectivity index (χ0n) is 13.3. The van der Waals surface area contributed by atoms with Gasteiger partial charge in [-0.2, -0.15) is 0 Å². The number of anilines is 2. The maximum Gasteiger partial charge on any atom is 0.134 e. The first-order valence-corrected chi connectivity index (χ1v) is 7.70. The molecule has 0 unspecified atom stereocenters. The van der Waals surface area contributed by atoms with Crippen LogP contribution >= 0.6 is 0 Å². The fraction of sp³-hybridized carbons (Fsp3) is 0.733. The lowest BCUT2D eigenvalue weighted by atomic mass is 10.1. The molecule has 0 spiro atoms. The summed E-state index contributed by atoms with van der Waals surface area (Å²) in [5.74, 6) is 2.29. The Morgan fingerprint density at radius 1 is 1.24 bits per heavy atom. The highest BCUT2D eigenvalue weighted by molar-refractivity contribution is 5.47. The van der Waals surface area contributed by atoms with Crippen LogP contribution < -0.4 is 10.6 Å². The van der Waals surface area contributed by atoms with Gasteiger partial charge in [-0.1, -0.05) is 6.92 Å². The second kappa shape index (κ2) is 6.58. The number of rotatable bonds is 5. The molecule has 1 aromatic heterocycles. The van der Waals surface area contributed by atoms with Crippen LogP contribution in [0.3, 0.4) is 0 Å². The molecule has 0 radical (unpaired) electrons. The van der Waals surface area contributed by atoms with Gasteiger partial charge in [0.15, 0.2) is 0 Å². The molecule has 2 heterocycles. The van der Waals surface area contributed by atoms with Gasteiger partial charge in [0.1, 0.15) is 17.5 Å². The topological polar surface area (TPSA) is 78.5 Å². The molecule has 1 fully saturated rings. The van der Waals surface area contributed by atoms with Gasteiger partial charge in [-0.05, 0) is 20.3 Å². The zero-order chi connectivity index (χ0) is 15.5. The number of aryl methyl sites for hydroxylation is 1. The maximum absolute atomic E-state index is 9.89. The number of hydrogen-bond donors (Lipinski definition) is 2. The van der Waals surface area contributed by atoms with E-state index in [1.54, 1.807) is 0 Å². The first-order chi connectivity index (χ1) is 9.87. The van der Waals surface area contributed by atoms with Gasteiger partial charge in [-0.15, -0.1) is 0 Å². The van der Waals surface area contributed by atoms with Gasteiger partial charge < -0.3 is 15.7 Å². The van der Waals surface area contributed by atoms with Crippen LogP contribution in [-0.4, -0.2) is 58.3 Å². The Morgan fingerprint density at radius 2 is 1.90 bits per heavy atom. The molecule has 0 saturated carbocycles. The van der Waals surface area contributed by atoms with Gasteiger partial charge in [0, 0.05) is 45.2 Å². The molecule has 0 aromatic carbocycles. The number of hydrogen-bond acceptors (Lipinski definition) is 6. The minimum Gasteiger partial charge on any atom is -0.389 e. The minimum absolute atomic E-state index is 0.544. The highest BCUT2D eigenvalue weighted by atomic mass is 16.3. The third kappa shape index (κ3) is 4.82. The van der Waals surface area contributed by atoms with Crippen LogP contribution in [0.5, 0.6) is 0 Å². The number of nitrogen functional groups attached to an aromatic ring is 1. The fourth-order valence-corrected chi connectivity index (χ4v) is 2.68. The van der Waals surface area contributed by atoms with Crippen molar-refractivity contribution in [1.29, 1.82) is 0 Å². The number of β-amino-alcohol motifs (C(OH)–C–C–N with tert-alkyl or cyclic N) is 1. The van der Waals surface area contributed by atoms with Gasteiger partial charge in [0.05, 0.1) is 5.60 Å². The lowest BCUT2D eigenvalue weighted by Crippen LogP contribution is -2.50. The van der Waals surface area contributed by atoms with Gasteiger partial charge >= 0.3 is 0 Å². The number of aromatic nitrogens is 2. The average Bonchev–Trinajstić information content (AvgIpc) is 2.37. The van der Waals surface area contributed by atoms with E-state index in [0.717, 1.165) is 50.7 Å². The first-order valence-electron chi connectivity index (χ1n) is 7.70. The Morgan fingerprint density at radius 3 is 2.48 bits per heavy atom. The number of aliphatic hydroxyl groups is 1. The summed E-state index contributed by atoms with van der Waals surface area (Å²) in [5.41, 5.74) is 5.24. The van der Waals surface area contributed by atoms with Crippen molar-refractivity contribution in [1.82, 2.24) is 14.9 Å². The zero-order valence-corrected chi connectivity index (χ0v) is 13.3. The van der Waals surface area contributed by atoms with E-state index >= 15 is 0 Å². The van der Waals surface area contributed by atoms with Crippen LogP contribution in [0, 0.1) is 0 Å². The fourth-order valence-electron chi connectivity index (χ4n) is 2.68. The van der Waals surface area contributed by atoms with E-state index in [4.69, 9.17) is 5.73 Å². The van der Waals surface area contributed by atoms with Gasteiger partial charge in [-0.3, -0.25) is 4.90 Å². The van der Waals surface area contributed by atoms with Crippen molar-refractivity contribution in [3.05, 3.63) is 11.9 Å². The summed E-state index contributed by atoms with van der Waals surface area (Å²) >= 11 is 0. The largest absolute Gasteiger partial charge is 0.389 e. The molecule has 1 aliphatic rings. The molecule has 0 amide bonds.